The number of rotatable bonds is 8. The van der Waals surface area contributed by atoms with Crippen molar-refractivity contribution in [2.45, 2.75) is 32.0 Å². The Balaban J connectivity index is 1.75. The standard InChI is InChI=1S/C18H20BrNO4S3/c1-23-9-8-13(11-24-27(2,21)22)20-12-6-7-15-17(10-12)25-16-5-3-4-14(19)18(16)26-15/h3-7,10,13,20H,8-9,11H2,1-2H3/t13-/m1/s1. The van der Waals surface area contributed by atoms with E-state index in [1.807, 2.05) is 12.1 Å². The van der Waals surface area contributed by atoms with Gasteiger partial charge in [-0.3, -0.25) is 4.18 Å². The maximum absolute atomic E-state index is 11.3. The highest BCUT2D eigenvalue weighted by molar-refractivity contribution is 9.10. The van der Waals surface area contributed by atoms with Crippen LogP contribution in [-0.4, -0.2) is 41.0 Å². The van der Waals surface area contributed by atoms with E-state index in [0.29, 0.717) is 13.0 Å². The second-order valence-electron chi connectivity index (χ2n) is 6.04. The van der Waals surface area contributed by atoms with E-state index in [1.54, 1.807) is 30.6 Å². The van der Waals surface area contributed by atoms with Gasteiger partial charge in [-0.2, -0.15) is 8.42 Å². The van der Waals surface area contributed by atoms with Gasteiger partial charge in [-0.25, -0.2) is 0 Å². The lowest BCUT2D eigenvalue weighted by atomic mass is 10.2. The van der Waals surface area contributed by atoms with E-state index >= 15 is 0 Å². The number of ether oxygens (including phenoxy) is 1. The monoisotopic (exact) mass is 489 g/mol. The van der Waals surface area contributed by atoms with Crippen LogP contribution in [0.15, 0.2) is 60.5 Å². The number of nitrogens with one attached hydrogen (secondary N) is 1. The predicted octanol–water partition coefficient (Wildman–Crippen LogP) is 4.86. The summed E-state index contributed by atoms with van der Waals surface area (Å²) in [5, 5.41) is 3.37. The molecule has 0 aliphatic carbocycles. The minimum Gasteiger partial charge on any atom is -0.385 e. The molecule has 0 aromatic heterocycles. The highest BCUT2D eigenvalue weighted by Crippen LogP contribution is 2.51. The summed E-state index contributed by atoms with van der Waals surface area (Å²) < 4.78 is 33.8. The first-order valence-corrected chi connectivity index (χ1v) is 12.5. The summed E-state index contributed by atoms with van der Waals surface area (Å²) in [6, 6.07) is 12.2. The van der Waals surface area contributed by atoms with Crippen LogP contribution in [0.3, 0.4) is 0 Å². The van der Waals surface area contributed by atoms with Gasteiger partial charge in [-0.15, -0.1) is 0 Å². The Kier molecular flexibility index (Phi) is 7.15. The maximum atomic E-state index is 11.3. The van der Waals surface area contributed by atoms with Crippen LogP contribution >= 0.6 is 39.5 Å². The van der Waals surface area contributed by atoms with E-state index in [-0.39, 0.29) is 12.6 Å². The van der Waals surface area contributed by atoms with Gasteiger partial charge in [0.1, 0.15) is 0 Å². The predicted molar refractivity (Wildman–Crippen MR) is 114 cm³/mol. The second-order valence-corrected chi connectivity index (χ2v) is 10.7. The lowest BCUT2D eigenvalue weighted by Gasteiger charge is -2.22. The molecule has 1 aliphatic heterocycles. The van der Waals surface area contributed by atoms with E-state index in [9.17, 15) is 8.42 Å². The Bertz CT molecular complexity index is 921. The Hall–Kier alpha value is -0.710. The molecule has 0 radical (unpaired) electrons. The zero-order valence-corrected chi connectivity index (χ0v) is 18.9. The van der Waals surface area contributed by atoms with Crippen molar-refractivity contribution in [3.63, 3.8) is 0 Å². The summed E-state index contributed by atoms with van der Waals surface area (Å²) >= 11 is 7.09. The van der Waals surface area contributed by atoms with Crippen LogP contribution in [0.1, 0.15) is 6.42 Å². The Morgan fingerprint density at radius 2 is 1.96 bits per heavy atom. The third kappa shape index (κ3) is 5.88. The fraction of sp³-hybridized carbons (Fsp3) is 0.333. The normalized spacial score (nSPS) is 14.3. The molecule has 0 fully saturated rings. The number of hydrogen-bond donors (Lipinski definition) is 1. The van der Waals surface area contributed by atoms with Gasteiger partial charge < -0.3 is 10.1 Å². The quantitative estimate of drug-likeness (QED) is 0.453. The molecule has 0 amide bonds. The minimum absolute atomic E-state index is 0.0664. The van der Waals surface area contributed by atoms with Crippen LogP contribution in [0.2, 0.25) is 0 Å². The molecule has 0 spiro atoms. The van der Waals surface area contributed by atoms with Crippen molar-refractivity contribution in [2.24, 2.45) is 0 Å². The van der Waals surface area contributed by atoms with Gasteiger partial charge in [-0.05, 0) is 52.7 Å². The lowest BCUT2D eigenvalue weighted by molar-refractivity contribution is 0.179. The van der Waals surface area contributed by atoms with Crippen molar-refractivity contribution < 1.29 is 17.3 Å². The van der Waals surface area contributed by atoms with Gasteiger partial charge in [0.15, 0.2) is 0 Å². The zero-order valence-electron chi connectivity index (χ0n) is 14.9. The first-order chi connectivity index (χ1) is 12.9. The molecule has 0 unspecified atom stereocenters. The highest BCUT2D eigenvalue weighted by atomic mass is 79.9. The molecule has 146 valence electrons. The van der Waals surface area contributed by atoms with Crippen molar-refractivity contribution >= 4 is 55.3 Å². The molecule has 27 heavy (non-hydrogen) atoms. The number of anilines is 1. The highest BCUT2D eigenvalue weighted by Gasteiger charge is 2.20. The van der Waals surface area contributed by atoms with Crippen LogP contribution in [0.25, 0.3) is 0 Å². The van der Waals surface area contributed by atoms with Crippen molar-refractivity contribution in [2.75, 3.05) is 31.9 Å². The summed E-state index contributed by atoms with van der Waals surface area (Å²) in [5.41, 5.74) is 0.929. The molecule has 0 saturated heterocycles. The van der Waals surface area contributed by atoms with Crippen molar-refractivity contribution in [3.8, 4) is 0 Å². The zero-order chi connectivity index (χ0) is 19.4. The maximum Gasteiger partial charge on any atom is 0.264 e. The summed E-state index contributed by atoms with van der Waals surface area (Å²) in [6.07, 6.45) is 1.70. The molecular formula is C18H20BrNO4S3. The molecule has 5 nitrogen and oxygen atoms in total. The molecule has 3 rings (SSSR count). The van der Waals surface area contributed by atoms with Crippen LogP contribution in [-0.2, 0) is 19.0 Å². The van der Waals surface area contributed by atoms with E-state index < -0.39 is 10.1 Å². The summed E-state index contributed by atoms with van der Waals surface area (Å²) in [4.78, 5) is 4.82. The van der Waals surface area contributed by atoms with Crippen molar-refractivity contribution in [3.05, 3.63) is 40.9 Å². The van der Waals surface area contributed by atoms with E-state index in [2.05, 4.69) is 45.5 Å². The fourth-order valence-electron chi connectivity index (χ4n) is 2.56. The molecule has 1 aliphatic rings. The third-order valence-corrected chi connectivity index (χ3v) is 7.91. The smallest absolute Gasteiger partial charge is 0.264 e. The Labute approximate surface area is 176 Å². The van der Waals surface area contributed by atoms with Crippen LogP contribution in [0.4, 0.5) is 5.69 Å². The summed E-state index contributed by atoms with van der Waals surface area (Å²) in [6.45, 7) is 0.582. The lowest BCUT2D eigenvalue weighted by Crippen LogP contribution is -2.28. The molecular weight excluding hydrogens is 470 g/mol. The Morgan fingerprint density at radius 3 is 2.70 bits per heavy atom. The minimum atomic E-state index is -3.48. The average molecular weight is 490 g/mol. The molecule has 1 N–H and O–H groups in total. The first kappa shape index (κ1) is 21.0. The van der Waals surface area contributed by atoms with Crippen LogP contribution in [0, 0.1) is 0 Å². The number of fused-ring (bicyclic) bond motifs is 2. The molecule has 2 aromatic carbocycles. The SMILES string of the molecule is COCC[C@H](COS(C)(=O)=O)Nc1ccc2c(c1)Sc1cccc(Br)c1S2. The van der Waals surface area contributed by atoms with Gasteiger partial charge in [0, 0.05) is 43.5 Å². The summed E-state index contributed by atoms with van der Waals surface area (Å²) in [7, 11) is -1.86. The third-order valence-electron chi connectivity index (χ3n) is 3.83. The van der Waals surface area contributed by atoms with Gasteiger partial charge in [0.25, 0.3) is 10.1 Å². The fourth-order valence-corrected chi connectivity index (χ4v) is 6.00. The van der Waals surface area contributed by atoms with Gasteiger partial charge in [0.05, 0.1) is 18.9 Å². The van der Waals surface area contributed by atoms with Gasteiger partial charge in [0.2, 0.25) is 0 Å². The molecule has 1 heterocycles. The van der Waals surface area contributed by atoms with E-state index in [0.717, 1.165) is 16.4 Å². The molecule has 2 aromatic rings. The topological polar surface area (TPSA) is 64.6 Å². The van der Waals surface area contributed by atoms with Crippen molar-refractivity contribution in [1.29, 1.82) is 0 Å². The second kappa shape index (κ2) is 9.19. The number of methoxy groups -OCH3 is 1. The molecule has 0 saturated carbocycles. The van der Waals surface area contributed by atoms with Crippen LogP contribution in [0.5, 0.6) is 0 Å². The molecule has 0 bridgehead atoms. The average Bonchev–Trinajstić information content (AvgIpc) is 2.62. The Morgan fingerprint density at radius 1 is 1.15 bits per heavy atom. The number of benzene rings is 2. The van der Waals surface area contributed by atoms with Gasteiger partial charge in [-0.1, -0.05) is 29.6 Å². The summed E-state index contributed by atoms with van der Waals surface area (Å²) in [5.74, 6) is 0. The van der Waals surface area contributed by atoms with Crippen LogP contribution < -0.4 is 5.32 Å². The first-order valence-electron chi connectivity index (χ1n) is 8.24. The van der Waals surface area contributed by atoms with E-state index in [1.165, 1.54) is 19.6 Å². The number of hydrogen-bond acceptors (Lipinski definition) is 7. The largest absolute Gasteiger partial charge is 0.385 e. The van der Waals surface area contributed by atoms with Gasteiger partial charge >= 0.3 is 0 Å². The molecule has 9 heteroatoms. The van der Waals surface area contributed by atoms with E-state index in [4.69, 9.17) is 8.92 Å². The number of halogens is 1. The molecule has 1 atom stereocenters. The van der Waals surface area contributed by atoms with Crippen molar-refractivity contribution in [1.82, 2.24) is 0 Å².